The van der Waals surface area contributed by atoms with E-state index in [1.807, 2.05) is 0 Å². The van der Waals surface area contributed by atoms with Crippen LogP contribution in [0.2, 0.25) is 0 Å². The van der Waals surface area contributed by atoms with E-state index in [0.717, 1.165) is 16.7 Å². The fourth-order valence-corrected chi connectivity index (χ4v) is 2.49. The largest absolute Gasteiger partial charge is 0.389 e. The summed E-state index contributed by atoms with van der Waals surface area (Å²) >= 11 is 0. The number of aromatic nitrogens is 2. The summed E-state index contributed by atoms with van der Waals surface area (Å²) in [6.45, 7) is 3.02. The summed E-state index contributed by atoms with van der Waals surface area (Å²) in [5.41, 5.74) is 4.16. The lowest BCUT2D eigenvalue weighted by atomic mass is 10.1. The Morgan fingerprint density at radius 1 is 1.41 bits per heavy atom. The van der Waals surface area contributed by atoms with Crippen molar-refractivity contribution >= 4 is 16.0 Å². The summed E-state index contributed by atoms with van der Waals surface area (Å²) in [5.74, 6) is 0.00842. The summed E-state index contributed by atoms with van der Waals surface area (Å²) in [4.78, 5) is 7.19. The third kappa shape index (κ3) is 3.62. The maximum absolute atomic E-state index is 12.0. The quantitative estimate of drug-likeness (QED) is 0.751. The standard InChI is InChI=1S/C9H16N4O3S/c1-9(2,14)6-13(3)17(15,16)7-4-11-8(10)12-5-7/h4-5,14H,6H2,1-3H3,(H2,10,11,12). The predicted octanol–water partition coefficient (Wildman–Crippen LogP) is -0.550. The van der Waals surface area contributed by atoms with E-state index in [1.54, 1.807) is 0 Å². The number of hydrogen-bond donors (Lipinski definition) is 2. The number of hydrogen-bond acceptors (Lipinski definition) is 6. The van der Waals surface area contributed by atoms with Crippen LogP contribution in [0.4, 0.5) is 5.95 Å². The molecule has 0 aliphatic rings. The van der Waals surface area contributed by atoms with Crippen LogP contribution in [0.3, 0.4) is 0 Å². The van der Waals surface area contributed by atoms with E-state index in [1.165, 1.54) is 20.9 Å². The highest BCUT2D eigenvalue weighted by atomic mass is 32.2. The number of nitrogens with zero attached hydrogens (tertiary/aromatic N) is 3. The van der Waals surface area contributed by atoms with Gasteiger partial charge in [-0.1, -0.05) is 0 Å². The minimum Gasteiger partial charge on any atom is -0.389 e. The number of sulfonamides is 1. The van der Waals surface area contributed by atoms with Gasteiger partial charge in [0.25, 0.3) is 0 Å². The van der Waals surface area contributed by atoms with Gasteiger partial charge in [-0.3, -0.25) is 0 Å². The number of likely N-dealkylation sites (N-methyl/N-ethyl adjacent to an activating group) is 1. The molecule has 0 aliphatic heterocycles. The van der Waals surface area contributed by atoms with Gasteiger partial charge in [0, 0.05) is 13.6 Å². The lowest BCUT2D eigenvalue weighted by Crippen LogP contribution is -2.39. The molecule has 0 fully saturated rings. The van der Waals surface area contributed by atoms with Gasteiger partial charge in [0.05, 0.1) is 18.0 Å². The first kappa shape index (κ1) is 13.8. The second-order valence-corrected chi connectivity index (χ2v) is 6.40. The zero-order chi connectivity index (χ0) is 13.3. The molecule has 0 saturated heterocycles. The molecule has 0 radical (unpaired) electrons. The molecular formula is C9H16N4O3S. The van der Waals surface area contributed by atoms with Crippen molar-refractivity contribution < 1.29 is 13.5 Å². The molecule has 8 heteroatoms. The number of aliphatic hydroxyl groups is 1. The van der Waals surface area contributed by atoms with E-state index in [0.29, 0.717) is 0 Å². The van der Waals surface area contributed by atoms with Crippen LogP contribution < -0.4 is 5.73 Å². The molecule has 1 aromatic rings. The van der Waals surface area contributed by atoms with Crippen LogP contribution in [0, 0.1) is 0 Å². The highest BCUT2D eigenvalue weighted by Gasteiger charge is 2.26. The predicted molar refractivity (Wildman–Crippen MR) is 62.6 cm³/mol. The topological polar surface area (TPSA) is 109 Å². The summed E-state index contributed by atoms with van der Waals surface area (Å²) in [7, 11) is -2.32. The normalized spacial score (nSPS) is 13.0. The van der Waals surface area contributed by atoms with Gasteiger partial charge in [0.1, 0.15) is 4.90 Å². The summed E-state index contributed by atoms with van der Waals surface area (Å²) in [6.07, 6.45) is 2.27. The Morgan fingerprint density at radius 2 is 1.88 bits per heavy atom. The first-order valence-corrected chi connectivity index (χ1v) is 6.33. The van der Waals surface area contributed by atoms with Gasteiger partial charge in [-0.05, 0) is 13.8 Å². The molecule has 3 N–H and O–H groups in total. The number of rotatable bonds is 4. The lowest BCUT2D eigenvalue weighted by Gasteiger charge is -2.24. The first-order chi connectivity index (χ1) is 7.63. The van der Waals surface area contributed by atoms with Crippen LogP contribution in [0.25, 0.3) is 0 Å². The molecule has 1 rings (SSSR count). The smallest absolute Gasteiger partial charge is 0.245 e. The molecule has 0 unspecified atom stereocenters. The van der Waals surface area contributed by atoms with Crippen molar-refractivity contribution in [1.82, 2.24) is 14.3 Å². The van der Waals surface area contributed by atoms with E-state index < -0.39 is 15.6 Å². The monoisotopic (exact) mass is 260 g/mol. The van der Waals surface area contributed by atoms with Crippen LogP contribution in [0.15, 0.2) is 17.3 Å². The first-order valence-electron chi connectivity index (χ1n) is 4.89. The maximum Gasteiger partial charge on any atom is 0.245 e. The number of nitrogens with two attached hydrogens (primary N) is 1. The van der Waals surface area contributed by atoms with Crippen molar-refractivity contribution in [3.8, 4) is 0 Å². The SMILES string of the molecule is CN(CC(C)(C)O)S(=O)(=O)c1cnc(N)nc1. The lowest BCUT2D eigenvalue weighted by molar-refractivity contribution is 0.0640. The van der Waals surface area contributed by atoms with Crippen molar-refractivity contribution in [3.05, 3.63) is 12.4 Å². The van der Waals surface area contributed by atoms with Crippen LogP contribution >= 0.6 is 0 Å². The van der Waals surface area contributed by atoms with Crippen molar-refractivity contribution in [1.29, 1.82) is 0 Å². The van der Waals surface area contributed by atoms with E-state index in [4.69, 9.17) is 5.73 Å². The summed E-state index contributed by atoms with van der Waals surface area (Å²) in [6, 6.07) is 0. The van der Waals surface area contributed by atoms with Gasteiger partial charge in [-0.15, -0.1) is 0 Å². The molecule has 0 spiro atoms. The van der Waals surface area contributed by atoms with Gasteiger partial charge < -0.3 is 10.8 Å². The van der Waals surface area contributed by atoms with E-state index in [9.17, 15) is 13.5 Å². The van der Waals surface area contributed by atoms with Gasteiger partial charge in [0.15, 0.2) is 0 Å². The minimum atomic E-state index is -3.70. The van der Waals surface area contributed by atoms with Crippen molar-refractivity contribution in [3.63, 3.8) is 0 Å². The number of nitrogen functional groups attached to an aromatic ring is 1. The van der Waals surface area contributed by atoms with E-state index in [2.05, 4.69) is 9.97 Å². The molecule has 0 saturated carbocycles. The second-order valence-electron chi connectivity index (χ2n) is 4.35. The average Bonchev–Trinajstić information content (AvgIpc) is 2.15. The molecule has 0 amide bonds. The summed E-state index contributed by atoms with van der Waals surface area (Å²) in [5, 5.41) is 9.59. The molecule has 1 aromatic heterocycles. The van der Waals surface area contributed by atoms with Gasteiger partial charge in [-0.25, -0.2) is 18.4 Å². The fourth-order valence-electron chi connectivity index (χ4n) is 1.27. The Hall–Kier alpha value is -1.25. The van der Waals surface area contributed by atoms with Crippen molar-refractivity contribution in [2.24, 2.45) is 0 Å². The Morgan fingerprint density at radius 3 is 2.29 bits per heavy atom. The van der Waals surface area contributed by atoms with E-state index >= 15 is 0 Å². The molecule has 0 bridgehead atoms. The Kier molecular flexibility index (Phi) is 3.70. The molecule has 17 heavy (non-hydrogen) atoms. The Labute approximate surface area is 100 Å². The molecular weight excluding hydrogens is 244 g/mol. The van der Waals surface area contributed by atoms with Crippen LogP contribution in [-0.2, 0) is 10.0 Å². The van der Waals surface area contributed by atoms with Gasteiger partial charge in [-0.2, -0.15) is 4.31 Å². The minimum absolute atomic E-state index is 0.00842. The molecule has 96 valence electrons. The van der Waals surface area contributed by atoms with Crippen LogP contribution in [0.1, 0.15) is 13.8 Å². The second kappa shape index (κ2) is 4.55. The maximum atomic E-state index is 12.0. The van der Waals surface area contributed by atoms with Crippen molar-refractivity contribution in [2.75, 3.05) is 19.3 Å². The van der Waals surface area contributed by atoms with E-state index in [-0.39, 0.29) is 17.4 Å². The molecule has 1 heterocycles. The highest BCUT2D eigenvalue weighted by molar-refractivity contribution is 7.89. The molecule has 0 aliphatic carbocycles. The molecule has 0 aromatic carbocycles. The van der Waals surface area contributed by atoms with Gasteiger partial charge >= 0.3 is 0 Å². The molecule has 0 atom stereocenters. The number of anilines is 1. The third-order valence-electron chi connectivity index (χ3n) is 1.97. The van der Waals surface area contributed by atoms with Crippen molar-refractivity contribution in [2.45, 2.75) is 24.3 Å². The zero-order valence-electron chi connectivity index (χ0n) is 9.95. The third-order valence-corrected chi connectivity index (χ3v) is 3.72. The molecule has 7 nitrogen and oxygen atoms in total. The fraction of sp³-hybridized carbons (Fsp3) is 0.556. The Bertz CT molecular complexity index is 478. The zero-order valence-corrected chi connectivity index (χ0v) is 10.8. The van der Waals surface area contributed by atoms with Crippen LogP contribution in [0.5, 0.6) is 0 Å². The average molecular weight is 260 g/mol. The highest BCUT2D eigenvalue weighted by Crippen LogP contribution is 2.15. The summed E-state index contributed by atoms with van der Waals surface area (Å²) < 4.78 is 25.1. The van der Waals surface area contributed by atoms with Crippen LogP contribution in [-0.4, -0.2) is 47.0 Å². The van der Waals surface area contributed by atoms with Gasteiger partial charge in [0.2, 0.25) is 16.0 Å². The Balaban J connectivity index is 2.99.